The lowest BCUT2D eigenvalue weighted by atomic mass is 10.0. The Morgan fingerprint density at radius 3 is 2.33 bits per heavy atom. The first-order valence-electron chi connectivity index (χ1n) is 8.62. The number of hydrogen-bond acceptors (Lipinski definition) is 4. The van der Waals surface area contributed by atoms with E-state index in [9.17, 15) is 4.79 Å². The van der Waals surface area contributed by atoms with Crippen LogP contribution in [0.3, 0.4) is 0 Å². The highest BCUT2D eigenvalue weighted by Gasteiger charge is 2.12. The monoisotopic (exact) mass is 345 g/mol. The van der Waals surface area contributed by atoms with E-state index in [-0.39, 0.29) is 5.56 Å². The maximum atomic E-state index is 12.4. The number of nitrogens with one attached hydrogen (secondary N) is 1. The molecule has 0 bridgehead atoms. The van der Waals surface area contributed by atoms with E-state index in [0.717, 1.165) is 42.8 Å². The van der Waals surface area contributed by atoms with Crippen molar-refractivity contribution in [2.75, 3.05) is 24.2 Å². The molecule has 0 aliphatic heterocycles. The van der Waals surface area contributed by atoms with Crippen molar-refractivity contribution in [3.8, 4) is 0 Å². The van der Waals surface area contributed by atoms with Gasteiger partial charge >= 0.3 is 0 Å². The zero-order chi connectivity index (χ0) is 17.5. The van der Waals surface area contributed by atoms with Gasteiger partial charge < -0.3 is 9.88 Å². The molecule has 2 rings (SSSR count). The van der Waals surface area contributed by atoms with Gasteiger partial charge in [-0.05, 0) is 44.2 Å². The van der Waals surface area contributed by atoms with Gasteiger partial charge in [0.2, 0.25) is 0 Å². The zero-order valence-electron chi connectivity index (χ0n) is 15.1. The summed E-state index contributed by atoms with van der Waals surface area (Å²) in [6.07, 6.45) is 4.38. The number of benzene rings is 1. The number of thioether (sulfide) groups is 1. The first kappa shape index (κ1) is 18.6. The fourth-order valence-corrected chi connectivity index (χ4v) is 3.26. The van der Waals surface area contributed by atoms with Gasteiger partial charge in [-0.15, -0.1) is 0 Å². The molecule has 1 aromatic carbocycles. The normalized spacial score (nSPS) is 10.8. The third kappa shape index (κ3) is 4.41. The Morgan fingerprint density at radius 1 is 1.12 bits per heavy atom. The Balaban J connectivity index is 2.29. The largest absolute Gasteiger partial charge is 0.372 e. The lowest BCUT2D eigenvalue weighted by Gasteiger charge is -2.21. The SMILES string of the molecule is CCCc1nc(SC)[nH]c(=O)c1Cc1ccc(N(CC)CC)cc1. The van der Waals surface area contributed by atoms with Crippen LogP contribution in [0, 0.1) is 0 Å². The van der Waals surface area contributed by atoms with E-state index in [1.165, 1.54) is 17.4 Å². The molecule has 0 radical (unpaired) electrons. The molecule has 4 nitrogen and oxygen atoms in total. The first-order valence-corrected chi connectivity index (χ1v) is 9.85. The Bertz CT molecular complexity index is 706. The lowest BCUT2D eigenvalue weighted by Crippen LogP contribution is -2.21. The Kier molecular flexibility index (Phi) is 6.91. The molecule has 0 spiro atoms. The second kappa shape index (κ2) is 8.92. The highest BCUT2D eigenvalue weighted by molar-refractivity contribution is 7.98. The summed E-state index contributed by atoms with van der Waals surface area (Å²) in [5, 5.41) is 0.698. The summed E-state index contributed by atoms with van der Waals surface area (Å²) in [5.41, 5.74) is 4.09. The van der Waals surface area contributed by atoms with Gasteiger partial charge in [-0.3, -0.25) is 4.79 Å². The molecule has 0 aliphatic rings. The van der Waals surface area contributed by atoms with E-state index in [0.29, 0.717) is 11.6 Å². The van der Waals surface area contributed by atoms with E-state index in [1.807, 2.05) is 6.26 Å². The maximum absolute atomic E-state index is 12.4. The van der Waals surface area contributed by atoms with Crippen molar-refractivity contribution in [3.63, 3.8) is 0 Å². The van der Waals surface area contributed by atoms with Crippen LogP contribution in [0.4, 0.5) is 5.69 Å². The average molecular weight is 346 g/mol. The van der Waals surface area contributed by atoms with E-state index in [1.54, 1.807) is 0 Å². The van der Waals surface area contributed by atoms with Crippen molar-refractivity contribution in [3.05, 3.63) is 51.4 Å². The molecule has 0 atom stereocenters. The number of aromatic amines is 1. The van der Waals surface area contributed by atoms with E-state index in [2.05, 4.69) is 59.9 Å². The third-order valence-electron chi connectivity index (χ3n) is 4.21. The number of rotatable bonds is 8. The quantitative estimate of drug-likeness (QED) is 0.583. The molecule has 1 N–H and O–H groups in total. The van der Waals surface area contributed by atoms with Gasteiger partial charge in [0.15, 0.2) is 5.16 Å². The minimum atomic E-state index is -0.00869. The van der Waals surface area contributed by atoms with E-state index < -0.39 is 0 Å². The minimum Gasteiger partial charge on any atom is -0.372 e. The topological polar surface area (TPSA) is 49.0 Å². The van der Waals surface area contributed by atoms with Gasteiger partial charge in [0.1, 0.15) is 0 Å². The predicted octanol–water partition coefficient (Wildman–Crippen LogP) is 3.88. The molecule has 24 heavy (non-hydrogen) atoms. The van der Waals surface area contributed by atoms with Crippen molar-refractivity contribution in [2.45, 2.75) is 45.2 Å². The number of aromatic nitrogens is 2. The second-order valence-corrected chi connectivity index (χ2v) is 6.56. The molecule has 2 aromatic rings. The minimum absolute atomic E-state index is 0.00869. The van der Waals surface area contributed by atoms with Crippen LogP contribution in [0.5, 0.6) is 0 Å². The van der Waals surface area contributed by atoms with Crippen molar-refractivity contribution in [2.24, 2.45) is 0 Å². The average Bonchev–Trinajstić information content (AvgIpc) is 2.60. The van der Waals surface area contributed by atoms with Gasteiger partial charge in [0, 0.05) is 30.8 Å². The molecule has 0 saturated heterocycles. The van der Waals surface area contributed by atoms with Crippen LogP contribution in [-0.2, 0) is 12.8 Å². The van der Waals surface area contributed by atoms with Gasteiger partial charge in [-0.1, -0.05) is 37.2 Å². The van der Waals surface area contributed by atoms with Crippen LogP contribution >= 0.6 is 11.8 Å². The molecule has 0 amide bonds. The van der Waals surface area contributed by atoms with Gasteiger partial charge in [0.05, 0.1) is 5.69 Å². The number of hydrogen-bond donors (Lipinski definition) is 1. The van der Waals surface area contributed by atoms with Gasteiger partial charge in [-0.25, -0.2) is 4.98 Å². The summed E-state index contributed by atoms with van der Waals surface area (Å²) >= 11 is 1.48. The fraction of sp³-hybridized carbons (Fsp3) is 0.474. The van der Waals surface area contributed by atoms with Crippen LogP contribution in [-0.4, -0.2) is 29.3 Å². The molecule has 0 aliphatic carbocycles. The molecule has 0 saturated carbocycles. The van der Waals surface area contributed by atoms with Crippen molar-refractivity contribution in [1.29, 1.82) is 0 Å². The Labute approximate surface area is 148 Å². The molecule has 5 heteroatoms. The van der Waals surface area contributed by atoms with E-state index >= 15 is 0 Å². The Hall–Kier alpha value is -1.75. The highest BCUT2D eigenvalue weighted by atomic mass is 32.2. The predicted molar refractivity (Wildman–Crippen MR) is 103 cm³/mol. The molecule has 130 valence electrons. The number of H-pyrrole nitrogens is 1. The zero-order valence-corrected chi connectivity index (χ0v) is 15.9. The molecule has 1 heterocycles. The first-order chi connectivity index (χ1) is 11.6. The molecule has 1 aromatic heterocycles. The lowest BCUT2D eigenvalue weighted by molar-refractivity contribution is 0.789. The smallest absolute Gasteiger partial charge is 0.255 e. The summed E-state index contributed by atoms with van der Waals surface area (Å²) in [4.78, 5) is 22.3. The van der Waals surface area contributed by atoms with Crippen LogP contribution < -0.4 is 10.5 Å². The summed E-state index contributed by atoms with van der Waals surface area (Å²) in [7, 11) is 0. The van der Waals surface area contributed by atoms with Crippen LogP contribution in [0.25, 0.3) is 0 Å². The third-order valence-corrected chi connectivity index (χ3v) is 4.79. The van der Waals surface area contributed by atoms with Crippen LogP contribution in [0.1, 0.15) is 44.0 Å². The number of anilines is 1. The van der Waals surface area contributed by atoms with Crippen LogP contribution in [0.15, 0.2) is 34.2 Å². The number of aryl methyl sites for hydroxylation is 1. The van der Waals surface area contributed by atoms with Gasteiger partial charge in [0.25, 0.3) is 5.56 Å². The van der Waals surface area contributed by atoms with Crippen molar-refractivity contribution < 1.29 is 0 Å². The maximum Gasteiger partial charge on any atom is 0.255 e. The Morgan fingerprint density at radius 2 is 1.79 bits per heavy atom. The summed E-state index contributed by atoms with van der Waals surface area (Å²) in [6, 6.07) is 8.51. The molecular formula is C19H27N3OS. The summed E-state index contributed by atoms with van der Waals surface area (Å²) in [6.45, 7) is 8.43. The molecule has 0 unspecified atom stereocenters. The number of nitrogens with zero attached hydrogens (tertiary/aromatic N) is 2. The molecular weight excluding hydrogens is 318 g/mol. The van der Waals surface area contributed by atoms with Crippen molar-refractivity contribution in [1.82, 2.24) is 9.97 Å². The van der Waals surface area contributed by atoms with E-state index in [4.69, 9.17) is 0 Å². The van der Waals surface area contributed by atoms with Crippen molar-refractivity contribution >= 4 is 17.4 Å². The standard InChI is InChI=1S/C19H27N3OS/c1-5-8-17-16(18(23)21-19(20-17)24-4)13-14-9-11-15(12-10-14)22(6-2)7-3/h9-12H,5-8,13H2,1-4H3,(H,20,21,23). The summed E-state index contributed by atoms with van der Waals surface area (Å²) < 4.78 is 0. The van der Waals surface area contributed by atoms with Crippen LogP contribution in [0.2, 0.25) is 0 Å². The second-order valence-electron chi connectivity index (χ2n) is 5.77. The fourth-order valence-electron chi connectivity index (χ4n) is 2.86. The molecule has 0 fully saturated rings. The highest BCUT2D eigenvalue weighted by Crippen LogP contribution is 2.18. The van der Waals surface area contributed by atoms with Gasteiger partial charge in [-0.2, -0.15) is 0 Å². The summed E-state index contributed by atoms with van der Waals surface area (Å²) in [5.74, 6) is 0.